The number of allylic oxidation sites excluding steroid dienone is 4. The first-order valence-corrected chi connectivity index (χ1v) is 13.4. The summed E-state index contributed by atoms with van der Waals surface area (Å²) in [6.07, 6.45) is 9.47. The summed E-state index contributed by atoms with van der Waals surface area (Å²) in [7, 11) is 0. The van der Waals surface area contributed by atoms with Crippen molar-refractivity contribution in [2.24, 2.45) is 28.6 Å². The number of ketones is 2. The van der Waals surface area contributed by atoms with Crippen molar-refractivity contribution in [1.82, 2.24) is 0 Å². The third kappa shape index (κ3) is 3.25. The summed E-state index contributed by atoms with van der Waals surface area (Å²) < 4.78 is 6.13. The van der Waals surface area contributed by atoms with Crippen molar-refractivity contribution in [3.8, 4) is 0 Å². The van der Waals surface area contributed by atoms with Gasteiger partial charge in [-0.3, -0.25) is 14.4 Å². The van der Waals surface area contributed by atoms with Crippen molar-refractivity contribution in [2.45, 2.75) is 88.5 Å². The number of alkyl halides is 2. The van der Waals surface area contributed by atoms with Crippen LogP contribution in [0.2, 0.25) is 0 Å². The molecular weight excluding hydrogens is 475 g/mol. The van der Waals surface area contributed by atoms with Crippen LogP contribution in [0, 0.1) is 28.6 Å². The van der Waals surface area contributed by atoms with Crippen LogP contribution in [0.3, 0.4) is 0 Å². The number of fused-ring (bicyclic) bond motifs is 5. The fourth-order valence-electron chi connectivity index (χ4n) is 8.00. The molecule has 34 heavy (non-hydrogen) atoms. The van der Waals surface area contributed by atoms with Crippen LogP contribution in [0.5, 0.6) is 0 Å². The van der Waals surface area contributed by atoms with Crippen molar-refractivity contribution in [3.63, 3.8) is 0 Å². The van der Waals surface area contributed by atoms with Crippen LogP contribution in [-0.4, -0.2) is 45.1 Å². The maximum atomic E-state index is 13.4. The van der Waals surface area contributed by atoms with E-state index in [-0.39, 0.29) is 30.0 Å². The van der Waals surface area contributed by atoms with Gasteiger partial charge in [0.15, 0.2) is 11.4 Å². The third-order valence-corrected chi connectivity index (χ3v) is 11.3. The average Bonchev–Trinajstić information content (AvgIpc) is 3.00. The molecular formula is C27H36Cl2O5. The van der Waals surface area contributed by atoms with Crippen LogP contribution >= 0.6 is 23.2 Å². The Kier molecular flexibility index (Phi) is 6.66. The van der Waals surface area contributed by atoms with Gasteiger partial charge in [-0.2, -0.15) is 0 Å². The van der Waals surface area contributed by atoms with Crippen molar-refractivity contribution >= 4 is 40.7 Å². The van der Waals surface area contributed by atoms with Crippen LogP contribution in [-0.2, 0) is 19.1 Å². The zero-order valence-corrected chi connectivity index (χ0v) is 22.0. The maximum absolute atomic E-state index is 13.4. The molecule has 0 unspecified atom stereocenters. The minimum absolute atomic E-state index is 0.0196. The largest absolute Gasteiger partial charge is 0.450 e. The molecule has 0 heterocycles. The van der Waals surface area contributed by atoms with E-state index in [2.05, 4.69) is 6.92 Å². The number of carbonyl (C=O) groups is 3. The molecule has 4 rings (SSSR count). The quantitative estimate of drug-likeness (QED) is 0.394. The molecule has 188 valence electrons. The summed E-state index contributed by atoms with van der Waals surface area (Å²) >= 11 is 14.8. The number of hydrogen-bond donors (Lipinski definition) is 1. The van der Waals surface area contributed by atoms with Gasteiger partial charge in [0, 0.05) is 23.2 Å². The van der Waals surface area contributed by atoms with E-state index >= 15 is 0 Å². The van der Waals surface area contributed by atoms with Gasteiger partial charge in [0.2, 0.25) is 5.78 Å². The summed E-state index contributed by atoms with van der Waals surface area (Å²) in [6, 6.07) is 0. The Hall–Kier alpha value is -1.17. The van der Waals surface area contributed by atoms with E-state index in [0.29, 0.717) is 19.3 Å². The van der Waals surface area contributed by atoms with Crippen LogP contribution in [0.1, 0.15) is 72.6 Å². The second kappa shape index (κ2) is 8.74. The van der Waals surface area contributed by atoms with Crippen LogP contribution in [0.15, 0.2) is 23.8 Å². The number of carbonyl (C=O) groups excluding carboxylic acids is 3. The Labute approximate surface area is 212 Å². The maximum Gasteiger partial charge on any atom is 0.306 e. The van der Waals surface area contributed by atoms with E-state index in [1.165, 1.54) is 0 Å². The molecule has 4 aliphatic rings. The minimum atomic E-state index is -1.43. The number of rotatable bonds is 6. The van der Waals surface area contributed by atoms with Gasteiger partial charge in [-0.15, -0.1) is 23.2 Å². The number of esters is 1. The summed E-state index contributed by atoms with van der Waals surface area (Å²) in [5.74, 6) is -1.22. The molecule has 0 bridgehead atoms. The smallest absolute Gasteiger partial charge is 0.306 e. The number of aliphatic hydroxyl groups excluding tert-OH is 1. The molecule has 3 fully saturated rings. The molecule has 0 aromatic carbocycles. The zero-order chi connectivity index (χ0) is 25.1. The fraction of sp³-hybridized carbons (Fsp3) is 0.741. The Balaban J connectivity index is 1.80. The Morgan fingerprint density at radius 1 is 1.26 bits per heavy atom. The van der Waals surface area contributed by atoms with E-state index in [1.807, 2.05) is 26.8 Å². The predicted octanol–water partition coefficient (Wildman–Crippen LogP) is 5.15. The molecule has 8 atom stereocenters. The number of unbranched alkanes of at least 4 members (excludes halogenated alkanes) is 1. The second-order valence-electron chi connectivity index (χ2n) is 11.2. The highest BCUT2D eigenvalue weighted by Gasteiger charge is 2.76. The first-order valence-electron chi connectivity index (χ1n) is 12.6. The number of hydrogen-bond acceptors (Lipinski definition) is 5. The van der Waals surface area contributed by atoms with Crippen molar-refractivity contribution in [2.75, 3.05) is 6.61 Å². The molecule has 7 heteroatoms. The Bertz CT molecular complexity index is 959. The lowest BCUT2D eigenvalue weighted by molar-refractivity contribution is -0.195. The molecule has 0 amide bonds. The summed E-state index contributed by atoms with van der Waals surface area (Å²) in [5, 5.41) is 9.46. The molecule has 5 nitrogen and oxygen atoms in total. The normalized spacial score (nSPS) is 45.1. The lowest BCUT2D eigenvalue weighted by atomic mass is 9.46. The summed E-state index contributed by atoms with van der Waals surface area (Å²) in [4.78, 5) is 37.6. The Morgan fingerprint density at radius 3 is 2.62 bits per heavy atom. The molecule has 3 saturated carbocycles. The number of ether oxygens (including phenoxy) is 1. The van der Waals surface area contributed by atoms with E-state index in [0.717, 1.165) is 24.8 Å². The summed E-state index contributed by atoms with van der Waals surface area (Å²) in [6.45, 7) is 7.32. The minimum Gasteiger partial charge on any atom is -0.450 e. The van der Waals surface area contributed by atoms with Gasteiger partial charge in [0.05, 0.1) is 10.3 Å². The van der Waals surface area contributed by atoms with Gasteiger partial charge in [-0.25, -0.2) is 0 Å². The van der Waals surface area contributed by atoms with Crippen molar-refractivity contribution in [1.29, 1.82) is 0 Å². The van der Waals surface area contributed by atoms with Gasteiger partial charge in [-0.1, -0.05) is 45.8 Å². The summed E-state index contributed by atoms with van der Waals surface area (Å²) in [5.41, 5.74) is -1.75. The molecule has 0 spiro atoms. The van der Waals surface area contributed by atoms with Gasteiger partial charge >= 0.3 is 5.97 Å². The topological polar surface area (TPSA) is 80.7 Å². The van der Waals surface area contributed by atoms with E-state index < -0.39 is 45.0 Å². The zero-order valence-electron chi connectivity index (χ0n) is 20.5. The standard InChI is InChI=1S/C27H36Cl2O5/c1-5-6-7-23(33)34-27(22(32)15-30)16(2)12-20-19-9-8-17-13-18(31)10-11-24(17,3)26(19,29)21(28)14-25(20,27)4/h10-11,13,16,19-21,30H,5-9,12,14-15H2,1-4H3/t16-,19+,20+,21+,24+,25+,26+,27-/m1/s1. The number of aliphatic hydroxyl groups is 1. The van der Waals surface area contributed by atoms with E-state index in [1.54, 1.807) is 12.2 Å². The highest BCUT2D eigenvalue weighted by Crippen LogP contribution is 2.72. The molecule has 0 aromatic heterocycles. The van der Waals surface area contributed by atoms with Crippen LogP contribution < -0.4 is 0 Å². The van der Waals surface area contributed by atoms with Gasteiger partial charge in [0.25, 0.3) is 0 Å². The number of halogens is 2. The number of Topliss-reactive ketones (excluding diaryl/α,β-unsaturated/α-hetero) is 1. The Morgan fingerprint density at radius 2 is 1.97 bits per heavy atom. The van der Waals surface area contributed by atoms with Crippen molar-refractivity contribution < 1.29 is 24.2 Å². The highest BCUT2D eigenvalue weighted by atomic mass is 35.5. The second-order valence-corrected chi connectivity index (χ2v) is 12.4. The lowest BCUT2D eigenvalue weighted by Gasteiger charge is -2.64. The molecule has 4 aliphatic carbocycles. The van der Waals surface area contributed by atoms with Gasteiger partial charge < -0.3 is 9.84 Å². The molecule has 0 aromatic rings. The average molecular weight is 511 g/mol. The van der Waals surface area contributed by atoms with Gasteiger partial charge in [0.1, 0.15) is 6.61 Å². The molecule has 0 radical (unpaired) electrons. The SMILES string of the molecule is CCCCC(=O)O[C@@]1(C(=O)CO)[C@H](C)C[C@H]2[C@@H]3CCC4=CC(=O)C=C[C@]4(C)[C@@]3(Cl)[C@@H](Cl)C[C@@]21C. The first kappa shape index (κ1) is 25.9. The van der Waals surface area contributed by atoms with Gasteiger partial charge in [-0.05, 0) is 56.1 Å². The monoisotopic (exact) mass is 510 g/mol. The lowest BCUT2D eigenvalue weighted by Crippen LogP contribution is -2.68. The predicted molar refractivity (Wildman–Crippen MR) is 132 cm³/mol. The highest BCUT2D eigenvalue weighted by molar-refractivity contribution is 6.34. The molecule has 0 saturated heterocycles. The van der Waals surface area contributed by atoms with Crippen LogP contribution in [0.4, 0.5) is 0 Å². The van der Waals surface area contributed by atoms with Crippen molar-refractivity contribution in [3.05, 3.63) is 23.8 Å². The molecule has 0 aliphatic heterocycles. The van der Waals surface area contributed by atoms with Crippen LogP contribution in [0.25, 0.3) is 0 Å². The van der Waals surface area contributed by atoms with E-state index in [4.69, 9.17) is 27.9 Å². The molecule has 1 N–H and O–H groups in total. The first-order chi connectivity index (χ1) is 15.9. The van der Waals surface area contributed by atoms with E-state index in [9.17, 15) is 19.5 Å². The third-order valence-electron chi connectivity index (χ3n) is 9.70. The fourth-order valence-corrected chi connectivity index (χ4v) is 9.23.